The lowest BCUT2D eigenvalue weighted by Gasteiger charge is -2.29. The summed E-state index contributed by atoms with van der Waals surface area (Å²) in [6.07, 6.45) is 9.92. The van der Waals surface area contributed by atoms with Crippen molar-refractivity contribution >= 4 is 33.6 Å². The van der Waals surface area contributed by atoms with E-state index in [9.17, 15) is 9.59 Å². The van der Waals surface area contributed by atoms with Crippen molar-refractivity contribution in [3.8, 4) is 0 Å². The Kier molecular flexibility index (Phi) is 7.35. The summed E-state index contributed by atoms with van der Waals surface area (Å²) in [4.78, 5) is 31.2. The van der Waals surface area contributed by atoms with Crippen molar-refractivity contribution in [3.63, 3.8) is 0 Å². The van der Waals surface area contributed by atoms with Gasteiger partial charge in [-0.15, -0.1) is 0 Å². The van der Waals surface area contributed by atoms with Crippen LogP contribution in [-0.2, 0) is 11.5 Å². The molecule has 0 N–H and O–H groups in total. The lowest BCUT2D eigenvalue weighted by molar-refractivity contribution is 0.0549. The van der Waals surface area contributed by atoms with E-state index in [-0.39, 0.29) is 17.9 Å². The zero-order valence-electron chi connectivity index (χ0n) is 20.6. The first kappa shape index (κ1) is 24.2. The summed E-state index contributed by atoms with van der Waals surface area (Å²) in [6.45, 7) is 0. The van der Waals surface area contributed by atoms with Crippen molar-refractivity contribution in [1.29, 1.82) is 0 Å². The summed E-state index contributed by atoms with van der Waals surface area (Å²) in [5.41, 5.74) is 3.90. The molecule has 5 heteroatoms. The first-order valence-corrected chi connectivity index (χ1v) is 16.5. The third-order valence-corrected chi connectivity index (χ3v) is 11.5. The van der Waals surface area contributed by atoms with Gasteiger partial charge in [0.05, 0.1) is 11.1 Å². The van der Waals surface area contributed by atoms with Gasteiger partial charge in [0.25, 0.3) is 11.8 Å². The summed E-state index contributed by atoms with van der Waals surface area (Å²) < 4.78 is 0. The van der Waals surface area contributed by atoms with E-state index < -0.39 is 21.8 Å². The molecule has 5 rings (SSSR count). The van der Waals surface area contributed by atoms with Gasteiger partial charge in [-0.05, 0) is 48.6 Å². The molecule has 2 aliphatic rings. The molecule has 0 saturated heterocycles. The Labute approximate surface area is 214 Å². The Bertz CT molecular complexity index is 1120. The maximum atomic E-state index is 13.5. The molecule has 3 aromatic rings. The maximum Gasteiger partial charge on any atom is 0.261 e. The number of fused-ring (bicyclic) bond motifs is 1. The third-order valence-electron chi connectivity index (χ3n) is 7.30. The molecule has 184 valence electrons. The van der Waals surface area contributed by atoms with Crippen molar-refractivity contribution in [2.45, 2.75) is 59.4 Å². The number of carbonyl (C=O) groups excluding carboxylic acids is 2. The molecule has 1 aliphatic heterocycles. The van der Waals surface area contributed by atoms with E-state index in [0.29, 0.717) is 11.1 Å². The fourth-order valence-corrected chi connectivity index (χ4v) is 9.94. The predicted molar refractivity (Wildman–Crippen MR) is 150 cm³/mol. The van der Waals surface area contributed by atoms with Crippen LogP contribution >= 0.6 is 21.8 Å². The lowest BCUT2D eigenvalue weighted by atomic mass is 9.94. The largest absolute Gasteiger partial charge is 0.271 e. The minimum Gasteiger partial charge on any atom is -0.271 e. The van der Waals surface area contributed by atoms with Gasteiger partial charge in [-0.3, -0.25) is 14.5 Å². The molecule has 3 nitrogen and oxygen atoms in total. The number of nitrogens with zero attached hydrogens (tertiary/aromatic N) is 1. The van der Waals surface area contributed by atoms with Crippen molar-refractivity contribution in [3.05, 3.63) is 95.1 Å². The van der Waals surface area contributed by atoms with Crippen LogP contribution in [0.3, 0.4) is 0 Å². The van der Waals surface area contributed by atoms with Gasteiger partial charge >= 0.3 is 0 Å². The molecule has 0 spiro atoms. The Hall–Kier alpha value is -2.50. The zero-order valence-corrected chi connectivity index (χ0v) is 22.4. The van der Waals surface area contributed by atoms with E-state index in [1.54, 1.807) is 4.90 Å². The van der Waals surface area contributed by atoms with Crippen LogP contribution in [0.1, 0.15) is 63.9 Å². The molecule has 2 unspecified atom stereocenters. The minimum absolute atomic E-state index is 0.0583. The quantitative estimate of drug-likeness (QED) is 0.268. The number of amides is 2. The highest BCUT2D eigenvalue weighted by atomic mass is 32.2. The van der Waals surface area contributed by atoms with Gasteiger partial charge in [-0.25, -0.2) is 21.8 Å². The molecule has 1 heterocycles. The van der Waals surface area contributed by atoms with Crippen LogP contribution in [0.15, 0.2) is 82.6 Å². The van der Waals surface area contributed by atoms with Gasteiger partial charge in [-0.1, -0.05) is 79.9 Å². The second kappa shape index (κ2) is 10.6. The molecule has 2 atom stereocenters. The van der Waals surface area contributed by atoms with E-state index in [1.807, 2.05) is 0 Å². The average Bonchev–Trinajstić information content (AvgIpc) is 3.14. The number of carbonyl (C=O) groups is 2. The van der Waals surface area contributed by atoms with Crippen molar-refractivity contribution in [2.24, 2.45) is 0 Å². The molecule has 0 bridgehead atoms. The number of hydrogen-bond donors (Lipinski definition) is 2. The van der Waals surface area contributed by atoms with E-state index >= 15 is 0 Å². The Morgan fingerprint density at radius 2 is 1.11 bits per heavy atom. The standard InChI is InChI=1S/C30H35NO2S2/c1-34(20-22-12-6-3-7-13-22)27-18-25-26(19-28(27)35(2)21-23-14-8-4-9-15-23)30(33)31(29(25)32)24-16-10-5-11-17-24/h3-4,6-9,12-15,18-19,24,34-35H,5,10-11,16-17,20-21H2,1-2H3. The van der Waals surface area contributed by atoms with Crippen LogP contribution in [0, 0.1) is 0 Å². The monoisotopic (exact) mass is 505 g/mol. The highest BCUT2D eigenvalue weighted by Gasteiger charge is 2.41. The predicted octanol–water partition coefficient (Wildman–Crippen LogP) is 7.00. The first-order valence-electron chi connectivity index (χ1n) is 12.6. The Morgan fingerprint density at radius 3 is 1.54 bits per heavy atom. The molecule has 0 aromatic heterocycles. The zero-order chi connectivity index (χ0) is 24.4. The molecule has 2 amide bonds. The van der Waals surface area contributed by atoms with Crippen molar-refractivity contribution in [2.75, 3.05) is 12.5 Å². The molecule has 35 heavy (non-hydrogen) atoms. The molecular weight excluding hydrogens is 470 g/mol. The van der Waals surface area contributed by atoms with Gasteiger partial charge in [-0.2, -0.15) is 0 Å². The first-order chi connectivity index (χ1) is 17.0. The van der Waals surface area contributed by atoms with Gasteiger partial charge in [0.1, 0.15) is 0 Å². The smallest absolute Gasteiger partial charge is 0.261 e. The molecule has 0 radical (unpaired) electrons. The number of hydrogen-bond acceptors (Lipinski definition) is 2. The van der Waals surface area contributed by atoms with Crippen LogP contribution in [0.5, 0.6) is 0 Å². The molecule has 1 aliphatic carbocycles. The summed E-state index contributed by atoms with van der Waals surface area (Å²) >= 11 is 0. The Morgan fingerprint density at radius 1 is 0.686 bits per heavy atom. The third kappa shape index (κ3) is 5.07. The average molecular weight is 506 g/mol. The topological polar surface area (TPSA) is 37.4 Å². The maximum absolute atomic E-state index is 13.5. The van der Waals surface area contributed by atoms with Gasteiger partial charge in [0.15, 0.2) is 0 Å². The molecular formula is C30H35NO2S2. The van der Waals surface area contributed by atoms with Crippen LogP contribution in [0.4, 0.5) is 0 Å². The fraction of sp³-hybridized carbons (Fsp3) is 0.333. The second-order valence-electron chi connectivity index (χ2n) is 9.84. The van der Waals surface area contributed by atoms with E-state index in [1.165, 1.54) is 27.3 Å². The summed E-state index contributed by atoms with van der Waals surface area (Å²) in [5.74, 6) is 1.81. The van der Waals surface area contributed by atoms with E-state index in [0.717, 1.165) is 37.2 Å². The summed E-state index contributed by atoms with van der Waals surface area (Å²) in [6, 6.07) is 25.5. The Balaban J connectivity index is 1.52. The van der Waals surface area contributed by atoms with Gasteiger partial charge in [0, 0.05) is 27.3 Å². The number of benzene rings is 3. The van der Waals surface area contributed by atoms with Crippen LogP contribution in [0.25, 0.3) is 0 Å². The van der Waals surface area contributed by atoms with E-state index in [2.05, 4.69) is 85.3 Å². The normalized spacial score (nSPS) is 19.0. The lowest BCUT2D eigenvalue weighted by Crippen LogP contribution is -2.40. The fourth-order valence-electron chi connectivity index (χ4n) is 5.45. The van der Waals surface area contributed by atoms with Crippen molar-refractivity contribution in [1.82, 2.24) is 4.90 Å². The molecule has 1 saturated carbocycles. The summed E-state index contributed by atoms with van der Waals surface area (Å²) in [7, 11) is -1.03. The number of rotatable bonds is 7. The molecule has 3 aromatic carbocycles. The summed E-state index contributed by atoms with van der Waals surface area (Å²) in [5, 5.41) is 0. The second-order valence-corrected chi connectivity index (χ2v) is 14.2. The van der Waals surface area contributed by atoms with Crippen molar-refractivity contribution < 1.29 is 9.59 Å². The van der Waals surface area contributed by atoms with Crippen LogP contribution in [0.2, 0.25) is 0 Å². The molecule has 1 fully saturated rings. The van der Waals surface area contributed by atoms with Crippen LogP contribution in [-0.4, -0.2) is 35.3 Å². The van der Waals surface area contributed by atoms with E-state index in [4.69, 9.17) is 0 Å². The highest BCUT2D eigenvalue weighted by Crippen LogP contribution is 2.50. The number of imide groups is 1. The number of thiol groups is 2. The highest BCUT2D eigenvalue weighted by molar-refractivity contribution is 8.18. The van der Waals surface area contributed by atoms with Gasteiger partial charge in [0.2, 0.25) is 0 Å². The van der Waals surface area contributed by atoms with Gasteiger partial charge < -0.3 is 0 Å². The van der Waals surface area contributed by atoms with Crippen LogP contribution < -0.4 is 0 Å². The SMILES string of the molecule is C[SH](Cc1ccccc1)c1cc2c(cc1[SH](C)Cc1ccccc1)C(=O)N(C1CCCCC1)C2=O. The minimum atomic E-state index is -0.514.